The molecule has 0 aliphatic carbocycles. The number of sulfonamides is 1. The Balaban J connectivity index is 1.82. The molecular weight excluding hydrogens is 624 g/mol. The highest BCUT2D eigenvalue weighted by Crippen LogP contribution is 2.27. The van der Waals surface area contributed by atoms with E-state index in [1.54, 1.807) is 20.8 Å². The van der Waals surface area contributed by atoms with E-state index in [2.05, 4.69) is 16.0 Å². The highest BCUT2D eigenvalue weighted by atomic mass is 32.2. The van der Waals surface area contributed by atoms with E-state index < -0.39 is 51.7 Å². The molecule has 1 heterocycles. The van der Waals surface area contributed by atoms with Crippen molar-refractivity contribution in [1.82, 2.24) is 20.3 Å². The summed E-state index contributed by atoms with van der Waals surface area (Å²) in [6.45, 7) is 9.74. The van der Waals surface area contributed by atoms with Crippen molar-refractivity contribution in [3.63, 3.8) is 0 Å². The maximum absolute atomic E-state index is 13.9. The summed E-state index contributed by atoms with van der Waals surface area (Å²) in [5, 5.41) is 19.2. The van der Waals surface area contributed by atoms with Crippen LogP contribution in [-0.4, -0.2) is 79.7 Å². The number of aliphatic hydroxyl groups is 1. The number of ether oxygens (including phenoxy) is 2. The van der Waals surface area contributed by atoms with Gasteiger partial charge in [-0.25, -0.2) is 8.42 Å². The molecule has 3 rings (SSSR count). The molecule has 1 aliphatic rings. The van der Waals surface area contributed by atoms with Crippen molar-refractivity contribution in [3.05, 3.63) is 83.1 Å². The van der Waals surface area contributed by atoms with E-state index in [1.807, 2.05) is 74.5 Å². The van der Waals surface area contributed by atoms with E-state index in [0.29, 0.717) is 6.42 Å². The molecule has 3 amide bonds. The van der Waals surface area contributed by atoms with Crippen LogP contribution < -0.4 is 16.0 Å². The molecule has 2 aromatic carbocycles. The van der Waals surface area contributed by atoms with Crippen molar-refractivity contribution >= 4 is 27.7 Å². The van der Waals surface area contributed by atoms with Crippen LogP contribution in [0.5, 0.6) is 0 Å². The number of nitrogens with zero attached hydrogens (tertiary/aromatic N) is 1. The third-order valence-corrected chi connectivity index (χ3v) is 9.06. The molecule has 2 aromatic rings. The molecule has 0 aromatic heterocycles. The Kier molecular flexibility index (Phi) is 13.4. The van der Waals surface area contributed by atoms with Gasteiger partial charge in [-0.15, -0.1) is 0 Å². The molecule has 258 valence electrons. The summed E-state index contributed by atoms with van der Waals surface area (Å²) in [6.07, 6.45) is -0.574. The molecule has 4 atom stereocenters. The third kappa shape index (κ3) is 11.7. The van der Waals surface area contributed by atoms with Gasteiger partial charge in [0.1, 0.15) is 12.3 Å². The second-order valence-electron chi connectivity index (χ2n) is 13.2. The SMILES string of the molecule is CC(=O)NCC(=O)NC(C(=O)NC(Cc1ccccc1)C(O)CN(CC(C)C)S(=O)(=O)C1=COC(Cc2ccccc2)O1)C(C)(C)C. The zero-order chi connectivity index (χ0) is 34.8. The fourth-order valence-corrected chi connectivity index (χ4v) is 6.49. The molecule has 13 heteroatoms. The zero-order valence-electron chi connectivity index (χ0n) is 27.9. The van der Waals surface area contributed by atoms with Gasteiger partial charge in [0, 0.05) is 26.4 Å². The van der Waals surface area contributed by atoms with Gasteiger partial charge >= 0.3 is 0 Å². The van der Waals surface area contributed by atoms with Crippen LogP contribution in [0.25, 0.3) is 0 Å². The minimum absolute atomic E-state index is 0.0687. The fourth-order valence-electron chi connectivity index (χ4n) is 4.99. The van der Waals surface area contributed by atoms with E-state index in [-0.39, 0.29) is 43.0 Å². The molecule has 1 aliphatic heterocycles. The lowest BCUT2D eigenvalue weighted by molar-refractivity contribution is -0.132. The standard InChI is InChI=1S/C34H48N4O8S/c1-23(2)20-38(47(43,44)31-22-45-30(46-31)18-26-15-11-8-12-16-26)21-28(40)27(17-25-13-9-7-10-14-25)36-33(42)32(34(4,5)6)37-29(41)19-35-24(3)39/h7-16,22-23,27-28,30,32,40H,17-21H2,1-6H3,(H,35,39)(H,36,42)(H,37,41). The highest BCUT2D eigenvalue weighted by molar-refractivity contribution is 7.92. The molecule has 0 saturated heterocycles. The smallest absolute Gasteiger partial charge is 0.279 e. The summed E-state index contributed by atoms with van der Waals surface area (Å²) >= 11 is 0. The summed E-state index contributed by atoms with van der Waals surface area (Å²) in [5.41, 5.74) is 0.975. The van der Waals surface area contributed by atoms with Gasteiger partial charge in [0.15, 0.2) is 0 Å². The van der Waals surface area contributed by atoms with E-state index in [4.69, 9.17) is 9.47 Å². The minimum atomic E-state index is -4.24. The van der Waals surface area contributed by atoms with Crippen LogP contribution in [0, 0.1) is 11.3 Å². The quantitative estimate of drug-likeness (QED) is 0.211. The lowest BCUT2D eigenvalue weighted by atomic mass is 9.85. The van der Waals surface area contributed by atoms with Crippen LogP contribution >= 0.6 is 0 Å². The number of hydrogen-bond acceptors (Lipinski definition) is 8. The van der Waals surface area contributed by atoms with Crippen LogP contribution in [0.2, 0.25) is 0 Å². The van der Waals surface area contributed by atoms with Crippen molar-refractivity contribution in [1.29, 1.82) is 0 Å². The van der Waals surface area contributed by atoms with Gasteiger partial charge in [-0.3, -0.25) is 14.4 Å². The molecular formula is C34H48N4O8S. The number of hydrogen-bond donors (Lipinski definition) is 4. The number of aliphatic hydroxyl groups excluding tert-OH is 1. The lowest BCUT2D eigenvalue weighted by Gasteiger charge is -2.34. The first kappa shape index (κ1) is 37.5. The van der Waals surface area contributed by atoms with Gasteiger partial charge < -0.3 is 30.5 Å². The van der Waals surface area contributed by atoms with E-state index in [1.165, 1.54) is 6.92 Å². The number of nitrogens with one attached hydrogen (secondary N) is 3. The second-order valence-corrected chi connectivity index (χ2v) is 15.0. The van der Waals surface area contributed by atoms with Crippen LogP contribution in [0.1, 0.15) is 52.7 Å². The van der Waals surface area contributed by atoms with Crippen molar-refractivity contribution in [2.24, 2.45) is 11.3 Å². The molecule has 0 fully saturated rings. The van der Waals surface area contributed by atoms with Crippen molar-refractivity contribution in [2.45, 2.75) is 78.9 Å². The maximum Gasteiger partial charge on any atom is 0.279 e. The Hall–Kier alpha value is -3.94. The van der Waals surface area contributed by atoms with Crippen LogP contribution in [-0.2, 0) is 46.7 Å². The van der Waals surface area contributed by atoms with Crippen LogP contribution in [0.15, 0.2) is 72.0 Å². The summed E-state index contributed by atoms with van der Waals surface area (Å²) < 4.78 is 40.1. The molecule has 12 nitrogen and oxygen atoms in total. The predicted molar refractivity (Wildman–Crippen MR) is 178 cm³/mol. The average molecular weight is 673 g/mol. The zero-order valence-corrected chi connectivity index (χ0v) is 28.8. The predicted octanol–water partition coefficient (Wildman–Crippen LogP) is 2.44. The first-order chi connectivity index (χ1) is 22.1. The van der Waals surface area contributed by atoms with E-state index >= 15 is 0 Å². The number of carbonyl (C=O) groups excluding carboxylic acids is 3. The van der Waals surface area contributed by atoms with Gasteiger partial charge in [-0.2, -0.15) is 4.31 Å². The van der Waals surface area contributed by atoms with Crippen molar-refractivity contribution in [3.8, 4) is 0 Å². The molecule has 0 spiro atoms. The number of carbonyl (C=O) groups is 3. The Labute approximate surface area is 277 Å². The average Bonchev–Trinajstić information content (AvgIpc) is 3.47. The van der Waals surface area contributed by atoms with Gasteiger partial charge in [0.25, 0.3) is 15.1 Å². The molecule has 47 heavy (non-hydrogen) atoms. The molecule has 0 bridgehead atoms. The largest absolute Gasteiger partial charge is 0.457 e. The van der Waals surface area contributed by atoms with Gasteiger partial charge in [0.05, 0.1) is 18.7 Å². The van der Waals surface area contributed by atoms with Crippen LogP contribution in [0.4, 0.5) is 0 Å². The summed E-state index contributed by atoms with van der Waals surface area (Å²) in [7, 11) is -4.24. The number of amides is 3. The molecule has 0 radical (unpaired) electrons. The Morgan fingerprint density at radius 2 is 1.53 bits per heavy atom. The normalized spacial score (nSPS) is 16.8. The summed E-state index contributed by atoms with van der Waals surface area (Å²) in [4.78, 5) is 37.6. The van der Waals surface area contributed by atoms with Crippen molar-refractivity contribution < 1.29 is 37.4 Å². The third-order valence-electron chi connectivity index (χ3n) is 7.38. The molecule has 0 saturated carbocycles. The maximum atomic E-state index is 13.9. The summed E-state index contributed by atoms with van der Waals surface area (Å²) in [5.74, 6) is -1.61. The Bertz CT molecular complexity index is 1480. The minimum Gasteiger partial charge on any atom is -0.457 e. The highest BCUT2D eigenvalue weighted by Gasteiger charge is 2.39. The Morgan fingerprint density at radius 1 is 0.936 bits per heavy atom. The Morgan fingerprint density at radius 3 is 2.09 bits per heavy atom. The first-order valence-corrected chi connectivity index (χ1v) is 17.1. The lowest BCUT2D eigenvalue weighted by Crippen LogP contribution is -2.59. The molecule has 4 N–H and O–H groups in total. The number of benzene rings is 2. The van der Waals surface area contributed by atoms with Crippen molar-refractivity contribution in [2.75, 3.05) is 19.6 Å². The van der Waals surface area contributed by atoms with Gasteiger partial charge in [-0.1, -0.05) is 95.3 Å². The van der Waals surface area contributed by atoms with E-state index in [9.17, 15) is 27.9 Å². The van der Waals surface area contributed by atoms with Crippen LogP contribution in [0.3, 0.4) is 0 Å². The molecule has 4 unspecified atom stereocenters. The topological polar surface area (TPSA) is 163 Å². The fraction of sp³-hybridized carbons (Fsp3) is 0.500. The van der Waals surface area contributed by atoms with E-state index in [0.717, 1.165) is 21.7 Å². The summed E-state index contributed by atoms with van der Waals surface area (Å²) in [6, 6.07) is 16.6. The van der Waals surface area contributed by atoms with Gasteiger partial charge in [0.2, 0.25) is 24.0 Å². The second kappa shape index (κ2) is 16.8. The first-order valence-electron chi connectivity index (χ1n) is 15.7. The van der Waals surface area contributed by atoms with Gasteiger partial charge in [-0.05, 0) is 28.9 Å². The monoisotopic (exact) mass is 672 g/mol. The number of rotatable bonds is 16.